The number of imidazole rings is 1. The lowest BCUT2D eigenvalue weighted by atomic mass is 10.2. The van der Waals surface area contributed by atoms with E-state index in [0.717, 1.165) is 22.2 Å². The molecule has 0 aliphatic heterocycles. The second-order valence-corrected chi connectivity index (χ2v) is 4.42. The van der Waals surface area contributed by atoms with Gasteiger partial charge in [-0.1, -0.05) is 0 Å². The summed E-state index contributed by atoms with van der Waals surface area (Å²) in [7, 11) is 0. The zero-order chi connectivity index (χ0) is 10.1. The predicted octanol–water partition coefficient (Wildman–Crippen LogP) is 1.99. The third-order valence-electron chi connectivity index (χ3n) is 2.08. The van der Waals surface area contributed by atoms with Crippen LogP contribution in [0.3, 0.4) is 0 Å². The summed E-state index contributed by atoms with van der Waals surface area (Å²) in [6, 6.07) is 4.13. The van der Waals surface area contributed by atoms with Crippen molar-refractivity contribution in [2.45, 2.75) is 19.4 Å². The van der Waals surface area contributed by atoms with E-state index in [1.165, 1.54) is 0 Å². The van der Waals surface area contributed by atoms with Crippen LogP contribution in [0, 0.1) is 0 Å². The van der Waals surface area contributed by atoms with Gasteiger partial charge in [-0.15, -0.1) is 0 Å². The summed E-state index contributed by atoms with van der Waals surface area (Å²) in [4.78, 5) is 4.30. The normalized spacial score (nSPS) is 13.4. The van der Waals surface area contributed by atoms with Gasteiger partial charge in [0, 0.05) is 35.0 Å². The largest absolute Gasteiger partial charge is 0.328 e. The lowest BCUT2D eigenvalue weighted by Gasteiger charge is -2.04. The van der Waals surface area contributed by atoms with Crippen LogP contribution in [0.25, 0.3) is 5.65 Å². The standard InChI is InChI=1S/C10H12BrN3/c1-7(12)4-9-5-13-10-3-2-8(11)6-14(9)10/h2-3,5-7H,4,12H2,1H3. The van der Waals surface area contributed by atoms with Crippen molar-refractivity contribution < 1.29 is 0 Å². The van der Waals surface area contributed by atoms with E-state index in [4.69, 9.17) is 5.73 Å². The SMILES string of the molecule is CC(N)Cc1cnc2ccc(Br)cn12. The molecule has 0 bridgehead atoms. The molecule has 1 unspecified atom stereocenters. The van der Waals surface area contributed by atoms with Gasteiger partial charge in [0.25, 0.3) is 0 Å². The number of nitrogens with zero attached hydrogens (tertiary/aromatic N) is 2. The number of aromatic nitrogens is 2. The third-order valence-corrected chi connectivity index (χ3v) is 2.55. The van der Waals surface area contributed by atoms with Crippen molar-refractivity contribution in [1.29, 1.82) is 0 Å². The fourth-order valence-electron chi connectivity index (χ4n) is 1.49. The van der Waals surface area contributed by atoms with Crippen LogP contribution in [0.15, 0.2) is 29.0 Å². The molecule has 2 N–H and O–H groups in total. The molecule has 0 saturated carbocycles. The van der Waals surface area contributed by atoms with E-state index in [1.807, 2.05) is 31.5 Å². The van der Waals surface area contributed by atoms with Crippen LogP contribution in [0.2, 0.25) is 0 Å². The molecule has 2 aromatic rings. The highest BCUT2D eigenvalue weighted by Gasteiger charge is 2.05. The monoisotopic (exact) mass is 253 g/mol. The van der Waals surface area contributed by atoms with E-state index in [2.05, 4.69) is 25.3 Å². The Morgan fingerprint density at radius 3 is 3.07 bits per heavy atom. The quantitative estimate of drug-likeness (QED) is 0.890. The summed E-state index contributed by atoms with van der Waals surface area (Å²) in [5, 5.41) is 0. The molecule has 0 aromatic carbocycles. The summed E-state index contributed by atoms with van der Waals surface area (Å²) < 4.78 is 3.11. The Balaban J connectivity index is 2.50. The van der Waals surface area contributed by atoms with Crippen LogP contribution >= 0.6 is 15.9 Å². The van der Waals surface area contributed by atoms with E-state index in [0.29, 0.717) is 0 Å². The van der Waals surface area contributed by atoms with Gasteiger partial charge in [0.05, 0.1) is 0 Å². The Morgan fingerprint density at radius 2 is 2.36 bits per heavy atom. The van der Waals surface area contributed by atoms with E-state index < -0.39 is 0 Å². The molecule has 14 heavy (non-hydrogen) atoms. The molecule has 0 fully saturated rings. The predicted molar refractivity (Wildman–Crippen MR) is 60.2 cm³/mol. The Labute approximate surface area is 91.1 Å². The fraction of sp³-hybridized carbons (Fsp3) is 0.300. The molecule has 2 rings (SSSR count). The van der Waals surface area contributed by atoms with E-state index in [9.17, 15) is 0 Å². The first kappa shape index (κ1) is 9.68. The average molecular weight is 254 g/mol. The van der Waals surface area contributed by atoms with E-state index >= 15 is 0 Å². The van der Waals surface area contributed by atoms with Crippen LogP contribution in [-0.4, -0.2) is 15.4 Å². The Kier molecular flexibility index (Phi) is 2.56. The Bertz CT molecular complexity index is 448. The lowest BCUT2D eigenvalue weighted by molar-refractivity contribution is 0.717. The van der Waals surface area contributed by atoms with Gasteiger partial charge in [0.2, 0.25) is 0 Å². The number of rotatable bonds is 2. The number of pyridine rings is 1. The fourth-order valence-corrected chi connectivity index (χ4v) is 1.82. The first-order chi connectivity index (χ1) is 6.66. The highest BCUT2D eigenvalue weighted by molar-refractivity contribution is 9.10. The number of hydrogen-bond acceptors (Lipinski definition) is 2. The Hall–Kier alpha value is -0.870. The second kappa shape index (κ2) is 3.71. The van der Waals surface area contributed by atoms with Crippen LogP contribution in [-0.2, 0) is 6.42 Å². The summed E-state index contributed by atoms with van der Waals surface area (Å²) in [5.74, 6) is 0. The van der Waals surface area contributed by atoms with Crippen LogP contribution < -0.4 is 5.73 Å². The minimum absolute atomic E-state index is 0.161. The zero-order valence-corrected chi connectivity index (χ0v) is 9.53. The van der Waals surface area contributed by atoms with Crippen LogP contribution in [0.1, 0.15) is 12.6 Å². The van der Waals surface area contributed by atoms with Gasteiger partial charge < -0.3 is 10.1 Å². The summed E-state index contributed by atoms with van der Waals surface area (Å²) in [6.07, 6.45) is 4.74. The minimum atomic E-state index is 0.161. The average Bonchev–Trinajstić information content (AvgIpc) is 2.47. The maximum Gasteiger partial charge on any atom is 0.136 e. The van der Waals surface area contributed by atoms with Crippen molar-refractivity contribution in [2.75, 3.05) is 0 Å². The van der Waals surface area contributed by atoms with Crippen LogP contribution in [0.5, 0.6) is 0 Å². The number of fused-ring (bicyclic) bond motifs is 1. The zero-order valence-electron chi connectivity index (χ0n) is 7.94. The lowest BCUT2D eigenvalue weighted by Crippen LogP contribution is -2.18. The molecule has 0 aliphatic carbocycles. The number of nitrogens with two attached hydrogens (primary N) is 1. The molecule has 0 radical (unpaired) electrons. The van der Waals surface area contributed by atoms with E-state index in [1.54, 1.807) is 0 Å². The van der Waals surface area contributed by atoms with Gasteiger partial charge in [-0.3, -0.25) is 0 Å². The van der Waals surface area contributed by atoms with Gasteiger partial charge in [-0.25, -0.2) is 4.98 Å². The summed E-state index contributed by atoms with van der Waals surface area (Å²) >= 11 is 3.44. The van der Waals surface area contributed by atoms with Crippen molar-refractivity contribution in [3.8, 4) is 0 Å². The molecule has 2 heterocycles. The summed E-state index contributed by atoms with van der Waals surface area (Å²) in [5.41, 5.74) is 7.87. The molecule has 74 valence electrons. The highest BCUT2D eigenvalue weighted by atomic mass is 79.9. The minimum Gasteiger partial charge on any atom is -0.328 e. The first-order valence-electron chi connectivity index (χ1n) is 4.54. The van der Waals surface area contributed by atoms with Crippen molar-refractivity contribution in [2.24, 2.45) is 5.73 Å². The Morgan fingerprint density at radius 1 is 1.57 bits per heavy atom. The van der Waals surface area contributed by atoms with Gasteiger partial charge in [0.15, 0.2) is 0 Å². The van der Waals surface area contributed by atoms with E-state index in [-0.39, 0.29) is 6.04 Å². The molecule has 2 aromatic heterocycles. The molecule has 4 heteroatoms. The number of halogens is 1. The number of hydrogen-bond donors (Lipinski definition) is 1. The van der Waals surface area contributed by atoms with Gasteiger partial charge >= 0.3 is 0 Å². The highest BCUT2D eigenvalue weighted by Crippen LogP contribution is 2.14. The first-order valence-corrected chi connectivity index (χ1v) is 5.33. The maximum atomic E-state index is 5.76. The second-order valence-electron chi connectivity index (χ2n) is 3.51. The molecular formula is C10H12BrN3. The van der Waals surface area contributed by atoms with Gasteiger partial charge in [-0.05, 0) is 35.0 Å². The molecule has 3 nitrogen and oxygen atoms in total. The molecule has 0 saturated heterocycles. The molecule has 1 atom stereocenters. The molecule has 0 aliphatic rings. The van der Waals surface area contributed by atoms with Gasteiger partial charge in [-0.2, -0.15) is 0 Å². The summed E-state index contributed by atoms with van der Waals surface area (Å²) in [6.45, 7) is 2.00. The smallest absolute Gasteiger partial charge is 0.136 e. The third kappa shape index (κ3) is 1.81. The molecule has 0 spiro atoms. The topological polar surface area (TPSA) is 43.3 Å². The maximum absolute atomic E-state index is 5.76. The van der Waals surface area contributed by atoms with Crippen molar-refractivity contribution in [3.63, 3.8) is 0 Å². The molecule has 0 amide bonds. The van der Waals surface area contributed by atoms with Crippen molar-refractivity contribution in [3.05, 3.63) is 34.7 Å². The molecular weight excluding hydrogens is 242 g/mol. The van der Waals surface area contributed by atoms with Crippen molar-refractivity contribution in [1.82, 2.24) is 9.38 Å². The van der Waals surface area contributed by atoms with Gasteiger partial charge in [0.1, 0.15) is 5.65 Å². The van der Waals surface area contributed by atoms with Crippen LogP contribution in [0.4, 0.5) is 0 Å². The van der Waals surface area contributed by atoms with Crippen molar-refractivity contribution >= 4 is 21.6 Å².